The van der Waals surface area contributed by atoms with Crippen molar-refractivity contribution in [3.63, 3.8) is 0 Å². The monoisotopic (exact) mass is 222 g/mol. The highest BCUT2D eigenvalue weighted by molar-refractivity contribution is 5.12. The van der Waals surface area contributed by atoms with Crippen LogP contribution in [0.25, 0.3) is 0 Å². The molecule has 88 valence electrons. The minimum Gasteiger partial charge on any atom is -0.339 e. The summed E-state index contributed by atoms with van der Waals surface area (Å²) in [4.78, 5) is 6.82. The first kappa shape index (κ1) is 10.2. The smallest absolute Gasteiger partial charge is 0.226 e. The van der Waals surface area contributed by atoms with E-state index in [-0.39, 0.29) is 5.54 Å². The summed E-state index contributed by atoms with van der Waals surface area (Å²) in [7, 11) is 0. The topological polar surface area (TPSA) is 68.2 Å². The second-order valence-electron chi connectivity index (χ2n) is 4.96. The average Bonchev–Trinajstić information content (AvgIpc) is 2.79. The standard InChI is InChI=1S/C11H18N4O/c1-2-9-13-10(14-16-9)11(12)7-15-5-3-8(11)4-6-15/h8H,2-7,12H2,1H3. The van der Waals surface area contributed by atoms with E-state index in [1.54, 1.807) is 0 Å². The zero-order valence-corrected chi connectivity index (χ0v) is 9.65. The maximum absolute atomic E-state index is 6.51. The van der Waals surface area contributed by atoms with Gasteiger partial charge in [0.1, 0.15) is 0 Å². The maximum atomic E-state index is 6.51. The molecule has 5 heteroatoms. The van der Waals surface area contributed by atoms with Gasteiger partial charge >= 0.3 is 0 Å². The summed E-state index contributed by atoms with van der Waals surface area (Å²) in [5, 5.41) is 4.06. The van der Waals surface area contributed by atoms with Gasteiger partial charge in [0.25, 0.3) is 0 Å². The van der Waals surface area contributed by atoms with Gasteiger partial charge in [-0.25, -0.2) is 0 Å². The van der Waals surface area contributed by atoms with E-state index in [0.717, 1.165) is 25.8 Å². The van der Waals surface area contributed by atoms with E-state index in [9.17, 15) is 0 Å². The molecule has 0 amide bonds. The van der Waals surface area contributed by atoms with Crippen LogP contribution in [0, 0.1) is 5.92 Å². The van der Waals surface area contributed by atoms with Crippen LogP contribution in [0.1, 0.15) is 31.5 Å². The number of rotatable bonds is 2. The predicted molar refractivity (Wildman–Crippen MR) is 58.7 cm³/mol. The van der Waals surface area contributed by atoms with Crippen LogP contribution in [-0.2, 0) is 12.0 Å². The summed E-state index contributed by atoms with van der Waals surface area (Å²) in [5.74, 6) is 1.91. The molecule has 1 atom stereocenters. The van der Waals surface area contributed by atoms with Gasteiger partial charge in [0.2, 0.25) is 5.89 Å². The van der Waals surface area contributed by atoms with Crippen molar-refractivity contribution >= 4 is 0 Å². The first-order valence-corrected chi connectivity index (χ1v) is 6.06. The van der Waals surface area contributed by atoms with Crippen LogP contribution in [0.4, 0.5) is 0 Å². The normalized spacial score (nSPS) is 37.9. The van der Waals surface area contributed by atoms with Crippen molar-refractivity contribution in [2.24, 2.45) is 11.7 Å². The van der Waals surface area contributed by atoms with Gasteiger partial charge in [-0.3, -0.25) is 0 Å². The van der Waals surface area contributed by atoms with E-state index < -0.39 is 0 Å². The molecule has 4 rings (SSSR count). The summed E-state index contributed by atoms with van der Waals surface area (Å²) < 4.78 is 5.18. The quantitative estimate of drug-likeness (QED) is 0.789. The Morgan fingerprint density at radius 3 is 2.75 bits per heavy atom. The van der Waals surface area contributed by atoms with Gasteiger partial charge in [-0.2, -0.15) is 4.98 Å². The van der Waals surface area contributed by atoms with E-state index in [1.165, 1.54) is 13.1 Å². The molecule has 5 nitrogen and oxygen atoms in total. The molecule has 3 saturated heterocycles. The molecule has 4 heterocycles. The van der Waals surface area contributed by atoms with Gasteiger partial charge in [-0.1, -0.05) is 12.1 Å². The number of aryl methyl sites for hydroxylation is 1. The molecule has 0 radical (unpaired) electrons. The van der Waals surface area contributed by atoms with Crippen molar-refractivity contribution in [3.8, 4) is 0 Å². The molecule has 3 fully saturated rings. The molecular formula is C11H18N4O. The highest BCUT2D eigenvalue weighted by atomic mass is 16.5. The number of hydrogen-bond acceptors (Lipinski definition) is 5. The minimum atomic E-state index is -0.382. The lowest BCUT2D eigenvalue weighted by atomic mass is 9.73. The Morgan fingerprint density at radius 2 is 2.25 bits per heavy atom. The highest BCUT2D eigenvalue weighted by Crippen LogP contribution is 2.39. The van der Waals surface area contributed by atoms with Crippen LogP contribution >= 0.6 is 0 Å². The van der Waals surface area contributed by atoms with E-state index in [1.807, 2.05) is 6.92 Å². The molecule has 16 heavy (non-hydrogen) atoms. The molecule has 0 aliphatic carbocycles. The van der Waals surface area contributed by atoms with Crippen molar-refractivity contribution in [2.75, 3.05) is 19.6 Å². The van der Waals surface area contributed by atoms with E-state index in [4.69, 9.17) is 10.3 Å². The molecule has 0 spiro atoms. The first-order valence-electron chi connectivity index (χ1n) is 6.06. The average molecular weight is 222 g/mol. The fraction of sp³-hybridized carbons (Fsp3) is 0.818. The van der Waals surface area contributed by atoms with Gasteiger partial charge in [0.15, 0.2) is 5.82 Å². The number of aromatic nitrogens is 2. The largest absolute Gasteiger partial charge is 0.339 e. The van der Waals surface area contributed by atoms with Crippen LogP contribution in [0.15, 0.2) is 4.52 Å². The number of nitrogens with two attached hydrogens (primary N) is 1. The lowest BCUT2D eigenvalue weighted by Gasteiger charge is -2.49. The van der Waals surface area contributed by atoms with Crippen LogP contribution in [0.2, 0.25) is 0 Å². The zero-order valence-electron chi connectivity index (χ0n) is 9.65. The molecular weight excluding hydrogens is 204 g/mol. The Morgan fingerprint density at radius 1 is 1.50 bits per heavy atom. The Hall–Kier alpha value is -0.940. The number of fused-ring (bicyclic) bond motifs is 3. The Balaban J connectivity index is 1.92. The Kier molecular flexibility index (Phi) is 2.26. The van der Waals surface area contributed by atoms with Crippen LogP contribution in [0.3, 0.4) is 0 Å². The van der Waals surface area contributed by atoms with Crippen LogP contribution in [-0.4, -0.2) is 34.7 Å². The van der Waals surface area contributed by atoms with Crippen LogP contribution < -0.4 is 5.73 Å². The highest BCUT2D eigenvalue weighted by Gasteiger charge is 2.48. The third-order valence-electron chi connectivity index (χ3n) is 3.99. The van der Waals surface area contributed by atoms with Gasteiger partial charge in [-0.15, -0.1) is 0 Å². The predicted octanol–water partition coefficient (Wildman–Crippen LogP) is 0.512. The lowest BCUT2D eigenvalue weighted by Crippen LogP contribution is -2.62. The molecule has 2 bridgehead atoms. The maximum Gasteiger partial charge on any atom is 0.226 e. The lowest BCUT2D eigenvalue weighted by molar-refractivity contribution is 0.0207. The van der Waals surface area contributed by atoms with Gasteiger partial charge in [-0.05, 0) is 31.8 Å². The molecule has 3 aliphatic heterocycles. The SMILES string of the molecule is CCc1nc(C2(N)CN3CCC2CC3)no1. The Bertz CT molecular complexity index is 383. The summed E-state index contributed by atoms with van der Waals surface area (Å²) in [6, 6.07) is 0. The van der Waals surface area contributed by atoms with Gasteiger partial charge in [0, 0.05) is 13.0 Å². The summed E-state index contributed by atoms with van der Waals surface area (Å²) in [6.07, 6.45) is 3.09. The molecule has 3 aliphatic rings. The fourth-order valence-corrected chi connectivity index (χ4v) is 2.95. The molecule has 0 saturated carbocycles. The summed E-state index contributed by atoms with van der Waals surface area (Å²) in [5.41, 5.74) is 6.13. The number of nitrogens with zero attached hydrogens (tertiary/aromatic N) is 3. The molecule has 0 aromatic carbocycles. The molecule has 2 N–H and O–H groups in total. The summed E-state index contributed by atoms with van der Waals surface area (Å²) >= 11 is 0. The number of piperidine rings is 3. The van der Waals surface area contributed by atoms with Gasteiger partial charge in [0.05, 0.1) is 5.54 Å². The second-order valence-corrected chi connectivity index (χ2v) is 4.96. The third kappa shape index (κ3) is 1.38. The fourth-order valence-electron chi connectivity index (χ4n) is 2.95. The van der Waals surface area contributed by atoms with Crippen molar-refractivity contribution < 1.29 is 4.52 Å². The summed E-state index contributed by atoms with van der Waals surface area (Å²) in [6.45, 7) is 5.22. The minimum absolute atomic E-state index is 0.382. The van der Waals surface area contributed by atoms with Crippen molar-refractivity contribution in [3.05, 3.63) is 11.7 Å². The molecule has 1 unspecified atom stereocenters. The van der Waals surface area contributed by atoms with E-state index in [2.05, 4.69) is 15.0 Å². The zero-order chi connectivity index (χ0) is 11.2. The van der Waals surface area contributed by atoms with E-state index >= 15 is 0 Å². The molecule has 1 aromatic heterocycles. The van der Waals surface area contributed by atoms with Crippen molar-refractivity contribution in [2.45, 2.75) is 31.7 Å². The first-order chi connectivity index (χ1) is 7.72. The second kappa shape index (κ2) is 3.53. The number of hydrogen-bond donors (Lipinski definition) is 1. The Labute approximate surface area is 95.0 Å². The van der Waals surface area contributed by atoms with Crippen molar-refractivity contribution in [1.29, 1.82) is 0 Å². The van der Waals surface area contributed by atoms with Crippen molar-refractivity contribution in [1.82, 2.24) is 15.0 Å². The van der Waals surface area contributed by atoms with Crippen LogP contribution in [0.5, 0.6) is 0 Å². The molecule has 1 aromatic rings. The van der Waals surface area contributed by atoms with E-state index in [0.29, 0.717) is 17.6 Å². The third-order valence-corrected chi connectivity index (χ3v) is 3.99. The van der Waals surface area contributed by atoms with Gasteiger partial charge < -0.3 is 15.2 Å².